The predicted octanol–water partition coefficient (Wildman–Crippen LogP) is 10.7. The van der Waals surface area contributed by atoms with Gasteiger partial charge in [-0.05, 0) is 0 Å². The fourth-order valence-electron chi connectivity index (χ4n) is 4.11. The molecule has 0 atom stereocenters. The van der Waals surface area contributed by atoms with E-state index in [-0.39, 0.29) is 0 Å². The average molecular weight is 454 g/mol. The van der Waals surface area contributed by atoms with Gasteiger partial charge in [-0.3, -0.25) is 0 Å². The minimum atomic E-state index is -1.36. The van der Waals surface area contributed by atoms with E-state index in [2.05, 4.69) is 29.4 Å². The van der Waals surface area contributed by atoms with Gasteiger partial charge in [-0.15, -0.1) is 0 Å². The van der Waals surface area contributed by atoms with Crippen LogP contribution in [-0.2, 0) is 0 Å². The summed E-state index contributed by atoms with van der Waals surface area (Å²) in [6.45, 7) is 2.30. The van der Waals surface area contributed by atoms with Gasteiger partial charge in [0.15, 0.2) is 0 Å². The van der Waals surface area contributed by atoms with Crippen molar-refractivity contribution in [3.63, 3.8) is 0 Å². The van der Waals surface area contributed by atoms with Crippen LogP contribution in [0.5, 0.6) is 0 Å². The van der Waals surface area contributed by atoms with Crippen molar-refractivity contribution < 1.29 is 0 Å². The zero-order chi connectivity index (χ0) is 20.8. The van der Waals surface area contributed by atoms with Gasteiger partial charge in [0.1, 0.15) is 0 Å². The first-order valence-electron chi connectivity index (χ1n) is 13.4. The van der Waals surface area contributed by atoms with Crippen LogP contribution in [0.3, 0.4) is 0 Å². The minimum absolute atomic E-state index is 1.36. The number of rotatable bonds is 23. The van der Waals surface area contributed by atoms with Crippen molar-refractivity contribution in [1.82, 2.24) is 0 Å². The van der Waals surface area contributed by atoms with Crippen molar-refractivity contribution >= 4 is 13.3 Å². The Kier molecular flexibility index (Phi) is 22.7. The average Bonchev–Trinajstić information content (AvgIpc) is 2.65. The third-order valence-corrected chi connectivity index (χ3v) is 9.24. The summed E-state index contributed by atoms with van der Waals surface area (Å²) in [5, 5.41) is 2.68. The Morgan fingerprint density at radius 2 is 0.643 bits per heavy atom. The molecular weight excluding hydrogens is 397 g/mol. The molecule has 1 radical (unpaired) electrons. The molecule has 1 heteroatoms. The topological polar surface area (TPSA) is 0 Å². The molecule has 0 aliphatic carbocycles. The van der Waals surface area contributed by atoms with E-state index in [1.54, 1.807) is 0 Å². The van der Waals surface area contributed by atoms with Gasteiger partial charge in [0.25, 0.3) is 0 Å². The summed E-state index contributed by atoms with van der Waals surface area (Å²) in [7, 11) is 0. The normalized spacial score (nSPS) is 12.0. The van der Waals surface area contributed by atoms with E-state index in [1.807, 2.05) is 0 Å². The Bertz CT molecular complexity index is 278. The van der Waals surface area contributed by atoms with Crippen LogP contribution < -0.4 is 0 Å². The number of hydrogen-bond donors (Lipinski definition) is 0. The van der Waals surface area contributed by atoms with E-state index in [9.17, 15) is 0 Å². The summed E-state index contributed by atoms with van der Waals surface area (Å²) in [5.41, 5.74) is 0. The molecular formula is C27H57Ge. The summed E-state index contributed by atoms with van der Waals surface area (Å²) in [4.78, 5) is 0. The van der Waals surface area contributed by atoms with Crippen LogP contribution >= 0.6 is 0 Å². The second-order valence-corrected chi connectivity index (χ2v) is 21.2. The molecule has 0 rings (SSSR count). The second-order valence-electron chi connectivity index (χ2n) is 10.4. The van der Waals surface area contributed by atoms with E-state index in [0.717, 1.165) is 0 Å². The van der Waals surface area contributed by atoms with Crippen LogP contribution in [0.2, 0.25) is 17.3 Å². The molecule has 0 N–H and O–H groups in total. The Balaban J connectivity index is 3.01. The summed E-state index contributed by atoms with van der Waals surface area (Å²) in [5.74, 6) is 7.49. The van der Waals surface area contributed by atoms with Gasteiger partial charge in [-0.25, -0.2) is 0 Å². The molecule has 0 unspecified atom stereocenters. The molecule has 0 fully saturated rings. The van der Waals surface area contributed by atoms with Crippen LogP contribution in [0.4, 0.5) is 0 Å². The molecule has 0 saturated heterocycles. The summed E-state index contributed by atoms with van der Waals surface area (Å²) in [6.07, 6.45) is 32.4. The molecule has 0 heterocycles. The Labute approximate surface area is 183 Å². The molecule has 0 aliphatic heterocycles. The fraction of sp³-hybridized carbons (Fsp3) is 0.963. The first-order valence-corrected chi connectivity index (χ1v) is 20.9. The SMILES string of the molecule is CCCCCCCCCCCCCCCCCCCCCCC[CH][Ge]([CH3])([CH3])[CH3]. The molecule has 0 bridgehead atoms. The molecule has 0 aliphatic rings. The van der Waals surface area contributed by atoms with Gasteiger partial charge >= 0.3 is 106 Å². The van der Waals surface area contributed by atoms with Crippen LogP contribution in [-0.4, -0.2) is 13.3 Å². The quantitative estimate of drug-likeness (QED) is 0.106. The van der Waals surface area contributed by atoms with E-state index in [1.165, 1.54) is 141 Å². The standard InChI is InChI=1S/C27H57Ge/c1-5-6-7-8-9-10-11-12-13-14-15-16-17-18-19-20-21-22-23-24-25-26-27-28(2,3)4/h27H,5-26H2,1-4H3. The zero-order valence-corrected chi connectivity index (χ0v) is 22.7. The van der Waals surface area contributed by atoms with Crippen molar-refractivity contribution in [3.8, 4) is 0 Å². The Hall–Kier alpha value is 0.543. The first-order chi connectivity index (χ1) is 13.6. The van der Waals surface area contributed by atoms with Gasteiger partial charge in [0.2, 0.25) is 0 Å². The van der Waals surface area contributed by atoms with Crippen LogP contribution in [0.1, 0.15) is 148 Å². The number of unbranched alkanes of at least 4 members (excludes halogenated alkanes) is 21. The van der Waals surface area contributed by atoms with E-state index < -0.39 is 13.3 Å². The zero-order valence-electron chi connectivity index (χ0n) is 20.6. The maximum absolute atomic E-state index is 2.68. The molecule has 0 saturated carbocycles. The summed E-state index contributed by atoms with van der Waals surface area (Å²) >= 11 is -1.36. The molecule has 0 aromatic heterocycles. The maximum atomic E-state index is 2.68. The van der Waals surface area contributed by atoms with Crippen LogP contribution in [0.15, 0.2) is 0 Å². The van der Waals surface area contributed by atoms with E-state index >= 15 is 0 Å². The summed E-state index contributed by atoms with van der Waals surface area (Å²) < 4.78 is 0. The third-order valence-electron chi connectivity index (χ3n) is 6.06. The molecule has 28 heavy (non-hydrogen) atoms. The van der Waals surface area contributed by atoms with Crippen molar-refractivity contribution in [3.05, 3.63) is 5.25 Å². The van der Waals surface area contributed by atoms with Crippen molar-refractivity contribution in [2.45, 2.75) is 165 Å². The molecule has 0 nitrogen and oxygen atoms in total. The van der Waals surface area contributed by atoms with Crippen molar-refractivity contribution in [1.29, 1.82) is 0 Å². The molecule has 0 aromatic carbocycles. The van der Waals surface area contributed by atoms with E-state index in [4.69, 9.17) is 0 Å². The molecule has 169 valence electrons. The summed E-state index contributed by atoms with van der Waals surface area (Å²) in [6, 6.07) is 0. The molecule has 0 spiro atoms. The van der Waals surface area contributed by atoms with Crippen molar-refractivity contribution in [2.75, 3.05) is 0 Å². The Morgan fingerprint density at radius 1 is 0.393 bits per heavy atom. The first kappa shape index (κ1) is 28.5. The van der Waals surface area contributed by atoms with Crippen molar-refractivity contribution in [2.24, 2.45) is 0 Å². The number of hydrogen-bond acceptors (Lipinski definition) is 0. The second kappa shape index (κ2) is 22.2. The van der Waals surface area contributed by atoms with Gasteiger partial charge in [0, 0.05) is 0 Å². The van der Waals surface area contributed by atoms with Gasteiger partial charge in [-0.2, -0.15) is 0 Å². The molecule has 0 amide bonds. The molecule has 0 aromatic rings. The van der Waals surface area contributed by atoms with Gasteiger partial charge in [0.05, 0.1) is 0 Å². The van der Waals surface area contributed by atoms with Crippen LogP contribution in [0.25, 0.3) is 0 Å². The fourth-order valence-corrected chi connectivity index (χ4v) is 6.36. The third kappa shape index (κ3) is 26.5. The van der Waals surface area contributed by atoms with Gasteiger partial charge in [-0.1, -0.05) is 77.6 Å². The van der Waals surface area contributed by atoms with Crippen LogP contribution in [0, 0.1) is 5.25 Å². The van der Waals surface area contributed by atoms with Gasteiger partial charge < -0.3 is 0 Å². The van der Waals surface area contributed by atoms with E-state index in [0.29, 0.717) is 0 Å². The monoisotopic (exact) mass is 455 g/mol. The predicted molar refractivity (Wildman–Crippen MR) is 135 cm³/mol. The Morgan fingerprint density at radius 3 is 0.893 bits per heavy atom.